The summed E-state index contributed by atoms with van der Waals surface area (Å²) in [6.07, 6.45) is 1.77. The number of benzene rings is 4. The fourth-order valence-corrected chi connectivity index (χ4v) is 6.30. The number of nitrogens with zero attached hydrogens (tertiary/aromatic N) is 4. The van der Waals surface area contributed by atoms with E-state index in [9.17, 15) is 4.79 Å². The zero-order chi connectivity index (χ0) is 31.8. The predicted molar refractivity (Wildman–Crippen MR) is 187 cm³/mol. The molecular formula is C37H34Cl2N4O2. The van der Waals surface area contributed by atoms with Crippen LogP contribution in [0.25, 0.3) is 33.2 Å². The van der Waals surface area contributed by atoms with Gasteiger partial charge in [-0.2, -0.15) is 9.78 Å². The third-order valence-electron chi connectivity index (χ3n) is 8.20. The van der Waals surface area contributed by atoms with Gasteiger partial charge in [-0.3, -0.25) is 4.79 Å². The molecule has 0 bridgehead atoms. The maximum atomic E-state index is 14.1. The Kier molecular flexibility index (Phi) is 8.54. The number of aromatic nitrogens is 3. The average Bonchev–Trinajstić information content (AvgIpc) is 3.28. The second kappa shape index (κ2) is 12.5. The average molecular weight is 638 g/mol. The number of fused-ring (bicyclic) bond motifs is 2. The molecule has 0 radical (unpaired) electrons. The summed E-state index contributed by atoms with van der Waals surface area (Å²) in [7, 11) is 0. The SMILES string of the molecule is CCOc1cc(C)c(-c2nc3ccccc3c(=O)n2N=Cc2c(C)n(Cc3ccc(Cl)cc3Cl)c3ccccc23)cc1C(C)C. The second-order valence-corrected chi connectivity index (χ2v) is 12.3. The molecule has 45 heavy (non-hydrogen) atoms. The molecule has 0 saturated carbocycles. The maximum Gasteiger partial charge on any atom is 0.282 e. The fourth-order valence-electron chi connectivity index (χ4n) is 5.84. The normalized spacial score (nSPS) is 11.8. The quantitative estimate of drug-likeness (QED) is 0.156. The Bertz CT molecular complexity index is 2160. The molecule has 0 spiro atoms. The third-order valence-corrected chi connectivity index (χ3v) is 8.79. The number of ether oxygens (including phenoxy) is 1. The first-order chi connectivity index (χ1) is 21.7. The molecule has 0 N–H and O–H groups in total. The molecule has 4 aromatic carbocycles. The van der Waals surface area contributed by atoms with Gasteiger partial charge in [-0.15, -0.1) is 0 Å². The monoisotopic (exact) mass is 636 g/mol. The van der Waals surface area contributed by atoms with E-state index in [0.717, 1.165) is 50.2 Å². The number of hydrogen-bond acceptors (Lipinski definition) is 4. The van der Waals surface area contributed by atoms with Crippen LogP contribution in [0.4, 0.5) is 0 Å². The van der Waals surface area contributed by atoms with Gasteiger partial charge in [0, 0.05) is 44.3 Å². The number of hydrogen-bond donors (Lipinski definition) is 0. The first kappa shape index (κ1) is 30.6. The van der Waals surface area contributed by atoms with E-state index in [0.29, 0.717) is 39.9 Å². The Morgan fingerprint density at radius 2 is 1.69 bits per heavy atom. The van der Waals surface area contributed by atoms with Crippen molar-refractivity contribution in [2.45, 2.75) is 47.1 Å². The molecule has 0 atom stereocenters. The molecule has 8 heteroatoms. The molecule has 0 aliphatic heterocycles. The lowest BCUT2D eigenvalue weighted by Crippen LogP contribution is -2.21. The van der Waals surface area contributed by atoms with Gasteiger partial charge in [-0.1, -0.05) is 73.4 Å². The summed E-state index contributed by atoms with van der Waals surface area (Å²) < 4.78 is 9.61. The highest BCUT2D eigenvalue weighted by Crippen LogP contribution is 2.35. The largest absolute Gasteiger partial charge is 0.494 e. The summed E-state index contributed by atoms with van der Waals surface area (Å²) >= 11 is 12.7. The summed E-state index contributed by atoms with van der Waals surface area (Å²) in [6, 6.07) is 25.2. The minimum atomic E-state index is -0.236. The van der Waals surface area contributed by atoms with E-state index in [1.165, 1.54) is 4.68 Å². The molecule has 0 fully saturated rings. The first-order valence-corrected chi connectivity index (χ1v) is 15.8. The van der Waals surface area contributed by atoms with Crippen LogP contribution in [0.2, 0.25) is 10.0 Å². The zero-order valence-corrected chi connectivity index (χ0v) is 27.4. The van der Waals surface area contributed by atoms with Crippen molar-refractivity contribution in [1.82, 2.24) is 14.2 Å². The highest BCUT2D eigenvalue weighted by molar-refractivity contribution is 6.35. The van der Waals surface area contributed by atoms with Gasteiger partial charge in [0.05, 0.1) is 23.7 Å². The minimum Gasteiger partial charge on any atom is -0.494 e. The van der Waals surface area contributed by atoms with E-state index >= 15 is 0 Å². The number of rotatable bonds is 8. The predicted octanol–water partition coefficient (Wildman–Crippen LogP) is 9.39. The van der Waals surface area contributed by atoms with Gasteiger partial charge in [0.1, 0.15) is 5.75 Å². The zero-order valence-electron chi connectivity index (χ0n) is 25.9. The van der Waals surface area contributed by atoms with Crippen molar-refractivity contribution in [2.24, 2.45) is 5.10 Å². The van der Waals surface area contributed by atoms with Gasteiger partial charge < -0.3 is 9.30 Å². The van der Waals surface area contributed by atoms with Crippen LogP contribution in [0.1, 0.15) is 54.6 Å². The Labute approximate surface area is 272 Å². The van der Waals surface area contributed by atoms with Gasteiger partial charge >= 0.3 is 0 Å². The lowest BCUT2D eigenvalue weighted by molar-refractivity contribution is 0.335. The molecule has 0 aliphatic rings. The molecule has 6 nitrogen and oxygen atoms in total. The number of halogens is 2. The van der Waals surface area contributed by atoms with Gasteiger partial charge in [0.25, 0.3) is 5.56 Å². The molecule has 0 saturated heterocycles. The van der Waals surface area contributed by atoms with E-state index in [2.05, 4.69) is 43.5 Å². The fraction of sp³-hybridized carbons (Fsp3) is 0.216. The van der Waals surface area contributed by atoms with Crippen LogP contribution in [0.15, 0.2) is 88.8 Å². The van der Waals surface area contributed by atoms with Gasteiger partial charge in [0.2, 0.25) is 0 Å². The molecule has 6 aromatic rings. The molecule has 0 aliphatic carbocycles. The summed E-state index contributed by atoms with van der Waals surface area (Å²) in [5.41, 5.74) is 7.11. The second-order valence-electron chi connectivity index (χ2n) is 11.4. The van der Waals surface area contributed by atoms with Crippen LogP contribution in [-0.2, 0) is 6.54 Å². The third kappa shape index (κ3) is 5.76. The van der Waals surface area contributed by atoms with E-state index in [-0.39, 0.29) is 11.5 Å². The highest BCUT2D eigenvalue weighted by atomic mass is 35.5. The topological polar surface area (TPSA) is 61.4 Å². The van der Waals surface area contributed by atoms with Crippen LogP contribution in [0.5, 0.6) is 5.75 Å². The number of para-hydroxylation sites is 2. The standard InChI is InChI=1S/C37H34Cl2N4O2/c1-6-45-35-17-23(4)30(19-29(35)22(2)3)36-41-33-13-9-7-12-28(33)37(44)43(36)40-20-31-24(5)42(34-14-10-8-11-27(31)34)21-25-15-16-26(38)18-32(25)39/h7-20,22H,6,21H2,1-5H3. The van der Waals surface area contributed by atoms with Gasteiger partial charge in [-0.05, 0) is 85.8 Å². The maximum absolute atomic E-state index is 14.1. The van der Waals surface area contributed by atoms with Crippen molar-refractivity contribution >= 4 is 51.2 Å². The van der Waals surface area contributed by atoms with Gasteiger partial charge in [0.15, 0.2) is 5.82 Å². The highest BCUT2D eigenvalue weighted by Gasteiger charge is 2.20. The molecule has 0 amide bonds. The van der Waals surface area contributed by atoms with Crippen molar-refractivity contribution < 1.29 is 4.74 Å². The van der Waals surface area contributed by atoms with E-state index in [4.69, 9.17) is 38.0 Å². The van der Waals surface area contributed by atoms with Crippen LogP contribution >= 0.6 is 23.2 Å². The molecule has 0 unspecified atom stereocenters. The lowest BCUT2D eigenvalue weighted by Gasteiger charge is -2.18. The van der Waals surface area contributed by atoms with Crippen molar-refractivity contribution in [3.63, 3.8) is 0 Å². The van der Waals surface area contributed by atoms with E-state index < -0.39 is 0 Å². The van der Waals surface area contributed by atoms with Crippen LogP contribution in [-0.4, -0.2) is 27.0 Å². The summed E-state index contributed by atoms with van der Waals surface area (Å²) in [6.45, 7) is 11.4. The Hall–Kier alpha value is -4.39. The van der Waals surface area contributed by atoms with Crippen molar-refractivity contribution in [3.05, 3.63) is 127 Å². The van der Waals surface area contributed by atoms with Crippen LogP contribution in [0.3, 0.4) is 0 Å². The Morgan fingerprint density at radius 3 is 2.42 bits per heavy atom. The summed E-state index contributed by atoms with van der Waals surface area (Å²) in [5, 5.41) is 7.60. The van der Waals surface area contributed by atoms with E-state index in [1.54, 1.807) is 18.3 Å². The lowest BCUT2D eigenvalue weighted by atomic mass is 9.96. The molecule has 2 aromatic heterocycles. The molecule has 2 heterocycles. The summed E-state index contributed by atoms with van der Waals surface area (Å²) in [4.78, 5) is 19.1. The number of aryl methyl sites for hydroxylation is 1. The van der Waals surface area contributed by atoms with Crippen molar-refractivity contribution in [3.8, 4) is 17.1 Å². The van der Waals surface area contributed by atoms with Crippen LogP contribution in [0, 0.1) is 13.8 Å². The molecule has 6 rings (SSSR count). The summed E-state index contributed by atoms with van der Waals surface area (Å²) in [5.74, 6) is 1.53. The van der Waals surface area contributed by atoms with Crippen molar-refractivity contribution in [2.75, 3.05) is 6.61 Å². The Balaban J connectivity index is 1.54. The Morgan fingerprint density at radius 1 is 0.956 bits per heavy atom. The van der Waals surface area contributed by atoms with Crippen LogP contribution < -0.4 is 10.3 Å². The first-order valence-electron chi connectivity index (χ1n) is 15.0. The smallest absolute Gasteiger partial charge is 0.282 e. The molecule has 228 valence electrons. The van der Waals surface area contributed by atoms with Gasteiger partial charge in [-0.25, -0.2) is 4.98 Å². The minimum absolute atomic E-state index is 0.206. The van der Waals surface area contributed by atoms with E-state index in [1.807, 2.05) is 62.4 Å². The molecular weight excluding hydrogens is 603 g/mol. The van der Waals surface area contributed by atoms with Crippen molar-refractivity contribution in [1.29, 1.82) is 0 Å².